The number of rotatable bonds is 19. The smallest absolute Gasteiger partial charge is 0.370 e. The highest BCUT2D eigenvalue weighted by Crippen LogP contribution is 2.47. The van der Waals surface area contributed by atoms with E-state index in [4.69, 9.17) is 4.52 Å². The molecule has 6 nitrogen and oxygen atoms in total. The monoisotopic (exact) mass is 409 g/mol. The lowest BCUT2D eigenvalue weighted by atomic mass is 10.0. The van der Waals surface area contributed by atoms with Gasteiger partial charge in [-0.3, -0.25) is 13.8 Å². The predicted molar refractivity (Wildman–Crippen MR) is 112 cm³/mol. The zero-order valence-electron chi connectivity index (χ0n) is 18.0. The van der Waals surface area contributed by atoms with Crippen LogP contribution in [-0.2, 0) is 22.9 Å². The molecule has 0 aromatic heterocycles. The van der Waals surface area contributed by atoms with Gasteiger partial charge in [0.1, 0.15) is 0 Å². The SMILES string of the molecule is CCCCCCCCCCCCCCCCCC(=O)OP(=O)(OC)OC.N. The third-order valence-corrected chi connectivity index (χ3v) is 5.97. The summed E-state index contributed by atoms with van der Waals surface area (Å²) in [5.74, 6) is -0.522. The Morgan fingerprint density at radius 3 is 1.33 bits per heavy atom. The van der Waals surface area contributed by atoms with E-state index in [1.807, 2.05) is 0 Å². The molecule has 0 rings (SSSR count). The van der Waals surface area contributed by atoms with E-state index in [-0.39, 0.29) is 12.6 Å². The van der Waals surface area contributed by atoms with Gasteiger partial charge in [0, 0.05) is 20.6 Å². The summed E-state index contributed by atoms with van der Waals surface area (Å²) in [6.07, 6.45) is 19.4. The van der Waals surface area contributed by atoms with Crippen LogP contribution < -0.4 is 6.15 Å². The second kappa shape index (κ2) is 20.3. The third kappa shape index (κ3) is 18.7. The Balaban J connectivity index is 0. The summed E-state index contributed by atoms with van der Waals surface area (Å²) < 4.78 is 25.5. The summed E-state index contributed by atoms with van der Waals surface area (Å²) in [7, 11) is -1.28. The van der Waals surface area contributed by atoms with Gasteiger partial charge < -0.3 is 10.7 Å². The molecule has 0 heterocycles. The van der Waals surface area contributed by atoms with Crippen molar-refractivity contribution in [1.29, 1.82) is 0 Å². The van der Waals surface area contributed by atoms with Crippen LogP contribution in [0.15, 0.2) is 0 Å². The molecule has 0 bridgehead atoms. The molecule has 0 atom stereocenters. The number of hydrogen-bond donors (Lipinski definition) is 1. The van der Waals surface area contributed by atoms with Crippen LogP contribution in [-0.4, -0.2) is 20.2 Å². The highest BCUT2D eigenvalue weighted by atomic mass is 31.2. The standard InChI is InChI=1S/C20H41O5P.H3N/c1-4-5-6-7-8-9-10-11-12-13-14-15-16-17-18-19-20(21)25-26(22,23-2)24-3;/h4-19H2,1-3H3;1H3. The van der Waals surface area contributed by atoms with E-state index in [9.17, 15) is 9.36 Å². The summed E-state index contributed by atoms with van der Waals surface area (Å²) in [6.45, 7) is 2.26. The van der Waals surface area contributed by atoms with E-state index in [1.165, 1.54) is 91.3 Å². The fraction of sp³-hybridized carbons (Fsp3) is 0.950. The minimum Gasteiger partial charge on any atom is -0.370 e. The van der Waals surface area contributed by atoms with Crippen molar-refractivity contribution in [2.45, 2.75) is 110 Å². The lowest BCUT2D eigenvalue weighted by Gasteiger charge is -2.12. The quantitative estimate of drug-likeness (QED) is 0.177. The highest BCUT2D eigenvalue weighted by Gasteiger charge is 2.27. The first-order chi connectivity index (χ1) is 12.6. The molecule has 0 amide bonds. The van der Waals surface area contributed by atoms with Crippen molar-refractivity contribution in [3.05, 3.63) is 0 Å². The second-order valence-corrected chi connectivity index (χ2v) is 8.78. The Bertz CT molecular complexity index is 371. The number of phosphoric ester groups is 1. The van der Waals surface area contributed by atoms with Gasteiger partial charge in [-0.15, -0.1) is 0 Å². The normalized spacial score (nSPS) is 11.2. The van der Waals surface area contributed by atoms with E-state index in [2.05, 4.69) is 16.0 Å². The molecule has 0 fully saturated rings. The van der Waals surface area contributed by atoms with E-state index in [1.54, 1.807) is 0 Å². The van der Waals surface area contributed by atoms with Crippen molar-refractivity contribution in [3.63, 3.8) is 0 Å². The van der Waals surface area contributed by atoms with Gasteiger partial charge >= 0.3 is 13.8 Å². The molecule has 0 saturated heterocycles. The molecule has 7 heteroatoms. The number of unbranched alkanes of at least 4 members (excludes halogenated alkanes) is 14. The maximum Gasteiger partial charge on any atom is 0.531 e. The Morgan fingerprint density at radius 1 is 0.667 bits per heavy atom. The summed E-state index contributed by atoms with van der Waals surface area (Å²) in [4.78, 5) is 11.6. The summed E-state index contributed by atoms with van der Waals surface area (Å²) >= 11 is 0. The lowest BCUT2D eigenvalue weighted by molar-refractivity contribution is -0.136. The Morgan fingerprint density at radius 2 is 1.00 bits per heavy atom. The van der Waals surface area contributed by atoms with E-state index >= 15 is 0 Å². The highest BCUT2D eigenvalue weighted by molar-refractivity contribution is 7.49. The summed E-state index contributed by atoms with van der Waals surface area (Å²) in [6, 6.07) is 0. The topological polar surface area (TPSA) is 96.8 Å². The van der Waals surface area contributed by atoms with Gasteiger partial charge in [-0.25, -0.2) is 4.57 Å². The van der Waals surface area contributed by atoms with Crippen molar-refractivity contribution in [2.75, 3.05) is 14.2 Å². The fourth-order valence-electron chi connectivity index (χ4n) is 2.96. The first-order valence-electron chi connectivity index (χ1n) is 10.5. The third-order valence-electron chi connectivity index (χ3n) is 4.65. The average Bonchev–Trinajstić information content (AvgIpc) is 2.64. The van der Waals surface area contributed by atoms with Gasteiger partial charge in [-0.1, -0.05) is 96.8 Å². The first kappa shape index (κ1) is 28.8. The average molecular weight is 410 g/mol. The molecule has 3 N–H and O–H groups in total. The minimum absolute atomic E-state index is 0. The Labute approximate surface area is 167 Å². The van der Waals surface area contributed by atoms with Gasteiger partial charge in [0.15, 0.2) is 0 Å². The van der Waals surface area contributed by atoms with Crippen LogP contribution in [0.5, 0.6) is 0 Å². The van der Waals surface area contributed by atoms with Crippen molar-refractivity contribution in [2.24, 2.45) is 0 Å². The van der Waals surface area contributed by atoms with Crippen LogP contribution in [0.4, 0.5) is 0 Å². The van der Waals surface area contributed by atoms with Crippen LogP contribution in [0, 0.1) is 0 Å². The van der Waals surface area contributed by atoms with Crippen molar-refractivity contribution >= 4 is 13.8 Å². The van der Waals surface area contributed by atoms with Crippen LogP contribution in [0.2, 0.25) is 0 Å². The first-order valence-corrected chi connectivity index (χ1v) is 12.0. The number of phosphoric acid groups is 1. The molecular weight excluding hydrogens is 365 g/mol. The number of carbonyl (C=O) groups excluding carboxylic acids is 1. The van der Waals surface area contributed by atoms with Crippen molar-refractivity contribution < 1.29 is 22.9 Å². The zero-order valence-corrected chi connectivity index (χ0v) is 18.9. The lowest BCUT2D eigenvalue weighted by Crippen LogP contribution is -2.04. The molecular formula is C20H44NO5P. The van der Waals surface area contributed by atoms with Gasteiger partial charge in [-0.05, 0) is 6.42 Å². The maximum absolute atomic E-state index is 11.6. The van der Waals surface area contributed by atoms with Gasteiger partial charge in [0.2, 0.25) is 0 Å². The fourth-order valence-corrected chi connectivity index (χ4v) is 3.60. The molecule has 27 heavy (non-hydrogen) atoms. The van der Waals surface area contributed by atoms with Crippen LogP contribution >= 0.6 is 7.82 Å². The van der Waals surface area contributed by atoms with Crippen molar-refractivity contribution in [1.82, 2.24) is 6.15 Å². The molecule has 0 spiro atoms. The molecule has 0 radical (unpaired) electrons. The van der Waals surface area contributed by atoms with Crippen molar-refractivity contribution in [3.8, 4) is 0 Å². The maximum atomic E-state index is 11.6. The van der Waals surface area contributed by atoms with E-state index < -0.39 is 13.8 Å². The summed E-state index contributed by atoms with van der Waals surface area (Å²) in [5.41, 5.74) is 0. The Hall–Kier alpha value is -0.420. The second-order valence-electron chi connectivity index (χ2n) is 6.98. The van der Waals surface area contributed by atoms with Crippen LogP contribution in [0.3, 0.4) is 0 Å². The Kier molecular flexibility index (Phi) is 21.7. The molecule has 0 aromatic rings. The minimum atomic E-state index is -3.68. The molecule has 0 saturated carbocycles. The molecule has 164 valence electrons. The largest absolute Gasteiger partial charge is 0.531 e. The van der Waals surface area contributed by atoms with E-state index in [0.29, 0.717) is 0 Å². The van der Waals surface area contributed by atoms with Gasteiger partial charge in [0.25, 0.3) is 0 Å². The van der Waals surface area contributed by atoms with Gasteiger partial charge in [-0.2, -0.15) is 0 Å². The zero-order chi connectivity index (χ0) is 19.5. The van der Waals surface area contributed by atoms with Gasteiger partial charge in [0.05, 0.1) is 0 Å². The molecule has 0 aliphatic rings. The molecule has 0 aromatic carbocycles. The van der Waals surface area contributed by atoms with E-state index in [0.717, 1.165) is 19.3 Å². The molecule has 0 unspecified atom stereocenters. The molecule has 0 aliphatic heterocycles. The molecule has 0 aliphatic carbocycles. The van der Waals surface area contributed by atoms with Crippen LogP contribution in [0.25, 0.3) is 0 Å². The predicted octanol–water partition coefficient (Wildman–Crippen LogP) is 7.35. The number of carbonyl (C=O) groups is 1. The summed E-state index contributed by atoms with van der Waals surface area (Å²) in [5, 5.41) is 0. The number of hydrogen-bond acceptors (Lipinski definition) is 6. The van der Waals surface area contributed by atoms with Crippen LogP contribution in [0.1, 0.15) is 110 Å².